The fourth-order valence-electron chi connectivity index (χ4n) is 8.54. The lowest BCUT2D eigenvalue weighted by Gasteiger charge is -2.23. The Labute approximate surface area is 392 Å². The average molecular weight is 870 g/mol. The predicted octanol–water partition coefficient (Wildman–Crippen LogP) is 18.1. The summed E-state index contributed by atoms with van der Waals surface area (Å²) < 4.78 is 0. The van der Waals surface area contributed by atoms with Crippen LogP contribution in [0.1, 0.15) is 290 Å². The van der Waals surface area contributed by atoms with Crippen molar-refractivity contribution in [2.75, 3.05) is 46.1 Å². The Morgan fingerprint density at radius 1 is 0.242 bits per heavy atom. The van der Waals surface area contributed by atoms with Crippen LogP contribution in [0.4, 0.5) is 0 Å². The van der Waals surface area contributed by atoms with E-state index in [0.29, 0.717) is 0 Å². The van der Waals surface area contributed by atoms with E-state index in [4.69, 9.17) is 0 Å². The topological polar surface area (TPSA) is 39.3 Å². The van der Waals surface area contributed by atoms with Crippen molar-refractivity contribution in [1.29, 1.82) is 0 Å². The number of hydrogen-bond acceptors (Lipinski definition) is 4. The molecule has 368 valence electrons. The minimum absolute atomic E-state index is 1.00. The minimum Gasteiger partial charge on any atom is -0.315 e. The van der Waals surface area contributed by atoms with Crippen molar-refractivity contribution >= 4 is 0 Å². The first-order valence-corrected chi connectivity index (χ1v) is 28.6. The molecule has 0 radical (unpaired) electrons. The second kappa shape index (κ2) is 58.1. The van der Waals surface area contributed by atoms with Crippen LogP contribution in [0.2, 0.25) is 0 Å². The highest BCUT2D eigenvalue weighted by Crippen LogP contribution is 2.13. The van der Waals surface area contributed by atoms with Crippen LogP contribution in [0.25, 0.3) is 0 Å². The third kappa shape index (κ3) is 55.2. The monoisotopic (exact) mass is 869 g/mol. The van der Waals surface area contributed by atoms with Crippen molar-refractivity contribution in [2.45, 2.75) is 290 Å². The van der Waals surface area contributed by atoms with Crippen molar-refractivity contribution in [3.63, 3.8) is 0 Å². The SMILES string of the molecule is CCCCCCCCC=CCCCCCCCCNCCN(CNCCCCCCCCC=CCCCCCCCC)CNCCCCCCCCC=CCCCCCCCC. The summed E-state index contributed by atoms with van der Waals surface area (Å²) in [6.07, 6.45) is 72.5. The van der Waals surface area contributed by atoms with Crippen molar-refractivity contribution in [1.82, 2.24) is 20.9 Å². The largest absolute Gasteiger partial charge is 0.315 e. The van der Waals surface area contributed by atoms with Crippen molar-refractivity contribution in [3.05, 3.63) is 36.5 Å². The molecule has 4 nitrogen and oxygen atoms in total. The molecule has 0 aromatic heterocycles. The molecule has 4 heteroatoms. The first kappa shape index (κ1) is 61.1. The first-order valence-electron chi connectivity index (χ1n) is 28.6. The summed E-state index contributed by atoms with van der Waals surface area (Å²) in [5.41, 5.74) is 0. The first-order chi connectivity index (χ1) is 30.8. The molecule has 0 aliphatic heterocycles. The molecule has 0 amide bonds. The van der Waals surface area contributed by atoms with Gasteiger partial charge in [0.2, 0.25) is 0 Å². The van der Waals surface area contributed by atoms with Gasteiger partial charge in [0.15, 0.2) is 0 Å². The summed E-state index contributed by atoms with van der Waals surface area (Å²) in [6, 6.07) is 0. The predicted molar refractivity (Wildman–Crippen MR) is 284 cm³/mol. The zero-order valence-corrected chi connectivity index (χ0v) is 43.1. The fourth-order valence-corrected chi connectivity index (χ4v) is 8.54. The fraction of sp³-hybridized carbons (Fsp3) is 0.897. The van der Waals surface area contributed by atoms with E-state index in [1.54, 1.807) is 0 Å². The number of allylic oxidation sites excluding steroid dienone is 6. The summed E-state index contributed by atoms with van der Waals surface area (Å²) in [7, 11) is 0. The van der Waals surface area contributed by atoms with E-state index in [2.05, 4.69) is 78.1 Å². The summed E-state index contributed by atoms with van der Waals surface area (Å²) in [5, 5.41) is 11.4. The Morgan fingerprint density at radius 2 is 0.468 bits per heavy atom. The average Bonchev–Trinajstić information content (AvgIpc) is 3.28. The second-order valence-corrected chi connectivity index (χ2v) is 19.3. The van der Waals surface area contributed by atoms with Gasteiger partial charge in [-0.3, -0.25) is 4.90 Å². The summed E-state index contributed by atoms with van der Waals surface area (Å²) in [6.45, 7) is 14.6. The Kier molecular flexibility index (Phi) is 57.2. The van der Waals surface area contributed by atoms with Crippen LogP contribution in [0.5, 0.6) is 0 Å². The molecule has 0 saturated heterocycles. The van der Waals surface area contributed by atoms with Gasteiger partial charge in [-0.15, -0.1) is 0 Å². The molecule has 0 atom stereocenters. The maximum atomic E-state index is 3.79. The molecule has 0 bridgehead atoms. The molecular formula is C58H116N4. The zero-order chi connectivity index (χ0) is 44.6. The Bertz CT molecular complexity index is 821. The third-order valence-corrected chi connectivity index (χ3v) is 12.9. The van der Waals surface area contributed by atoms with Crippen molar-refractivity contribution in [3.8, 4) is 0 Å². The number of hydrogen-bond donors (Lipinski definition) is 3. The molecule has 0 spiro atoms. The van der Waals surface area contributed by atoms with Gasteiger partial charge in [-0.25, -0.2) is 0 Å². The van der Waals surface area contributed by atoms with Gasteiger partial charge in [-0.05, 0) is 116 Å². The van der Waals surface area contributed by atoms with Gasteiger partial charge >= 0.3 is 0 Å². The normalized spacial score (nSPS) is 12.2. The molecule has 0 rings (SSSR count). The molecule has 62 heavy (non-hydrogen) atoms. The lowest BCUT2D eigenvalue weighted by molar-refractivity contribution is 0.233. The van der Waals surface area contributed by atoms with Crippen LogP contribution < -0.4 is 16.0 Å². The van der Waals surface area contributed by atoms with Crippen LogP contribution in [0.3, 0.4) is 0 Å². The van der Waals surface area contributed by atoms with E-state index in [1.165, 1.54) is 276 Å². The van der Waals surface area contributed by atoms with E-state index >= 15 is 0 Å². The lowest BCUT2D eigenvalue weighted by atomic mass is 10.1. The standard InChI is InChI=1S/C58H116N4/c1-4-7-10-13-16-19-22-25-28-31-34-37-40-43-46-49-52-59-55-56-62(57-60-53-50-47-44-41-38-35-32-29-26-23-20-17-14-11-8-5-2)58-61-54-51-48-45-42-39-36-33-30-27-24-21-18-15-12-9-6-3/h25-30,59-61H,4-24,31-58H2,1-3H3. The number of unbranched alkanes of at least 4 members (excludes halogenated alkanes) is 36. The van der Waals surface area contributed by atoms with Gasteiger partial charge in [0.1, 0.15) is 0 Å². The molecule has 0 aromatic rings. The molecule has 3 N–H and O–H groups in total. The van der Waals surface area contributed by atoms with Gasteiger partial charge in [-0.2, -0.15) is 0 Å². The smallest absolute Gasteiger partial charge is 0.0493 e. The quantitative estimate of drug-likeness (QED) is 0.0324. The third-order valence-electron chi connectivity index (χ3n) is 12.9. The number of nitrogens with one attached hydrogen (secondary N) is 3. The molecule has 0 saturated carbocycles. The van der Waals surface area contributed by atoms with Gasteiger partial charge in [0.05, 0.1) is 0 Å². The number of rotatable bonds is 55. The van der Waals surface area contributed by atoms with Crippen molar-refractivity contribution < 1.29 is 0 Å². The van der Waals surface area contributed by atoms with Crippen molar-refractivity contribution in [2.24, 2.45) is 0 Å². The molecule has 0 unspecified atom stereocenters. The molecule has 0 heterocycles. The van der Waals surface area contributed by atoms with Crippen LogP contribution >= 0.6 is 0 Å². The molecular weight excluding hydrogens is 753 g/mol. The zero-order valence-electron chi connectivity index (χ0n) is 43.1. The van der Waals surface area contributed by atoms with Crippen LogP contribution in [0, 0.1) is 0 Å². The highest BCUT2D eigenvalue weighted by Gasteiger charge is 2.04. The second-order valence-electron chi connectivity index (χ2n) is 19.3. The van der Waals surface area contributed by atoms with Gasteiger partial charge < -0.3 is 16.0 Å². The lowest BCUT2D eigenvalue weighted by Crippen LogP contribution is -2.44. The molecule has 0 aliphatic rings. The van der Waals surface area contributed by atoms with Crippen LogP contribution in [0.15, 0.2) is 36.5 Å². The van der Waals surface area contributed by atoms with E-state index < -0.39 is 0 Å². The Balaban J connectivity index is 4.05. The van der Waals surface area contributed by atoms with E-state index in [-0.39, 0.29) is 0 Å². The summed E-state index contributed by atoms with van der Waals surface area (Å²) in [4.78, 5) is 2.59. The maximum Gasteiger partial charge on any atom is 0.0493 e. The highest BCUT2D eigenvalue weighted by atomic mass is 15.3. The maximum absolute atomic E-state index is 3.79. The molecule has 0 aromatic carbocycles. The molecule has 0 fully saturated rings. The van der Waals surface area contributed by atoms with E-state index in [0.717, 1.165) is 39.5 Å². The van der Waals surface area contributed by atoms with Gasteiger partial charge in [-0.1, -0.05) is 231 Å². The van der Waals surface area contributed by atoms with E-state index in [1.807, 2.05) is 0 Å². The van der Waals surface area contributed by atoms with Crippen LogP contribution in [-0.4, -0.2) is 51.0 Å². The molecule has 0 aliphatic carbocycles. The number of nitrogens with zero attached hydrogens (tertiary/aromatic N) is 1. The van der Waals surface area contributed by atoms with E-state index in [9.17, 15) is 0 Å². The Morgan fingerprint density at radius 3 is 0.742 bits per heavy atom. The Hall–Kier alpha value is -0.940. The highest BCUT2D eigenvalue weighted by molar-refractivity contribution is 4.83. The van der Waals surface area contributed by atoms with Gasteiger partial charge in [0, 0.05) is 26.4 Å². The minimum atomic E-state index is 1.00. The summed E-state index contributed by atoms with van der Waals surface area (Å²) in [5.74, 6) is 0. The van der Waals surface area contributed by atoms with Gasteiger partial charge in [0.25, 0.3) is 0 Å². The summed E-state index contributed by atoms with van der Waals surface area (Å²) >= 11 is 0. The van der Waals surface area contributed by atoms with Crippen LogP contribution in [-0.2, 0) is 0 Å².